The molecule has 24 heavy (non-hydrogen) atoms. The van der Waals surface area contributed by atoms with Crippen molar-refractivity contribution in [1.29, 1.82) is 0 Å². The molecule has 1 N–H and O–H groups in total. The van der Waals surface area contributed by atoms with Gasteiger partial charge >= 0.3 is 0 Å². The topological polar surface area (TPSA) is 75.4 Å². The highest BCUT2D eigenvalue weighted by atomic mass is 16.3. The molecule has 0 spiro atoms. The summed E-state index contributed by atoms with van der Waals surface area (Å²) in [5.74, 6) is 0.274. The van der Waals surface area contributed by atoms with Crippen molar-refractivity contribution in [3.05, 3.63) is 29.8 Å². The Kier molecular flexibility index (Phi) is 3.64. The van der Waals surface area contributed by atoms with Crippen molar-refractivity contribution >= 4 is 22.7 Å². The van der Waals surface area contributed by atoms with E-state index < -0.39 is 0 Å². The molecule has 0 aliphatic carbocycles. The molecule has 0 aromatic carbocycles. The lowest BCUT2D eigenvalue weighted by Crippen LogP contribution is -2.60. The summed E-state index contributed by atoms with van der Waals surface area (Å²) in [6.07, 6.45) is 5.20. The number of hydrogen-bond donors (Lipinski definition) is 1. The number of carbonyl (C=O) groups excluding carboxylic acids is 2. The second-order valence-electron chi connectivity index (χ2n) is 6.98. The molecule has 2 aromatic heterocycles. The van der Waals surface area contributed by atoms with Gasteiger partial charge in [0.05, 0.1) is 11.8 Å². The monoisotopic (exact) mass is 327 g/mol. The lowest BCUT2D eigenvalue weighted by atomic mass is 9.80. The number of aromatic nitrogens is 1. The highest BCUT2D eigenvalue weighted by Gasteiger charge is 2.38. The van der Waals surface area contributed by atoms with Gasteiger partial charge in [-0.2, -0.15) is 0 Å². The van der Waals surface area contributed by atoms with Crippen LogP contribution in [0.3, 0.4) is 0 Å². The number of ketones is 1. The molecule has 5 rings (SSSR count). The maximum Gasteiger partial charge on any atom is 0.270 e. The molecule has 4 atom stereocenters. The van der Waals surface area contributed by atoms with Crippen molar-refractivity contribution in [3.63, 3.8) is 0 Å². The van der Waals surface area contributed by atoms with E-state index >= 15 is 0 Å². The fraction of sp³-hybridized carbons (Fsp3) is 0.500. The Bertz CT molecular complexity index is 813. The van der Waals surface area contributed by atoms with Crippen LogP contribution >= 0.6 is 0 Å². The van der Waals surface area contributed by atoms with E-state index in [9.17, 15) is 9.59 Å². The SMILES string of the molecule is CC(=O)c1coc2cnc(C(=O)NC3CN4CCC3CC4C)cc12. The molecule has 3 saturated heterocycles. The Balaban J connectivity index is 1.55. The summed E-state index contributed by atoms with van der Waals surface area (Å²) in [6, 6.07) is 2.43. The molecule has 3 fully saturated rings. The van der Waals surface area contributed by atoms with Crippen LogP contribution in [0.15, 0.2) is 22.9 Å². The molecule has 126 valence electrons. The molecule has 5 heterocycles. The van der Waals surface area contributed by atoms with E-state index in [-0.39, 0.29) is 17.7 Å². The van der Waals surface area contributed by atoms with Gasteiger partial charge in [0.2, 0.25) is 0 Å². The van der Waals surface area contributed by atoms with Crippen molar-refractivity contribution in [1.82, 2.24) is 15.2 Å². The molecule has 2 bridgehead atoms. The van der Waals surface area contributed by atoms with Gasteiger partial charge in [0.1, 0.15) is 12.0 Å². The second kappa shape index (κ2) is 5.70. The van der Waals surface area contributed by atoms with Gasteiger partial charge in [0, 0.05) is 24.0 Å². The smallest absolute Gasteiger partial charge is 0.270 e. The molecular weight excluding hydrogens is 306 g/mol. The third-order valence-corrected chi connectivity index (χ3v) is 5.44. The first-order valence-corrected chi connectivity index (χ1v) is 8.46. The minimum atomic E-state index is -0.181. The fourth-order valence-electron chi connectivity index (χ4n) is 4.03. The maximum atomic E-state index is 12.6. The molecule has 4 unspecified atom stereocenters. The van der Waals surface area contributed by atoms with E-state index in [0.29, 0.717) is 34.2 Å². The summed E-state index contributed by atoms with van der Waals surface area (Å²) < 4.78 is 5.33. The van der Waals surface area contributed by atoms with Crippen LogP contribution in [0.4, 0.5) is 0 Å². The van der Waals surface area contributed by atoms with Crippen molar-refractivity contribution < 1.29 is 14.0 Å². The van der Waals surface area contributed by atoms with Crippen LogP contribution in [0.5, 0.6) is 0 Å². The van der Waals surface area contributed by atoms with Crippen molar-refractivity contribution in [2.45, 2.75) is 38.8 Å². The summed E-state index contributed by atoms with van der Waals surface area (Å²) in [5, 5.41) is 3.78. The number of hydrogen-bond acceptors (Lipinski definition) is 5. The van der Waals surface area contributed by atoms with Crippen LogP contribution in [0, 0.1) is 5.92 Å². The van der Waals surface area contributed by atoms with Gasteiger partial charge in [-0.3, -0.25) is 14.5 Å². The van der Waals surface area contributed by atoms with E-state index in [2.05, 4.69) is 22.1 Å². The minimum absolute atomic E-state index is 0.0855. The Morgan fingerprint density at radius 3 is 2.92 bits per heavy atom. The van der Waals surface area contributed by atoms with Crippen LogP contribution in [0.2, 0.25) is 0 Å². The van der Waals surface area contributed by atoms with Gasteiger partial charge < -0.3 is 9.73 Å². The molecule has 1 amide bonds. The highest BCUT2D eigenvalue weighted by molar-refractivity contribution is 6.07. The quantitative estimate of drug-likeness (QED) is 0.875. The van der Waals surface area contributed by atoms with E-state index in [1.165, 1.54) is 19.4 Å². The molecular formula is C18H21N3O3. The number of Topliss-reactive ketones (excluding diaryl/α,β-unsaturated/α-hetero) is 1. The zero-order valence-electron chi connectivity index (χ0n) is 13.9. The molecule has 6 heteroatoms. The Morgan fingerprint density at radius 1 is 1.42 bits per heavy atom. The fourth-order valence-corrected chi connectivity index (χ4v) is 4.03. The second-order valence-corrected chi connectivity index (χ2v) is 6.98. The van der Waals surface area contributed by atoms with E-state index in [4.69, 9.17) is 4.42 Å². The first kappa shape index (κ1) is 15.3. The third-order valence-electron chi connectivity index (χ3n) is 5.44. The first-order chi connectivity index (χ1) is 11.5. The number of nitrogens with one attached hydrogen (secondary N) is 1. The molecule has 0 radical (unpaired) electrons. The van der Waals surface area contributed by atoms with Crippen molar-refractivity contribution in [3.8, 4) is 0 Å². The number of furan rings is 1. The summed E-state index contributed by atoms with van der Waals surface area (Å²) in [5.41, 5.74) is 1.34. The highest BCUT2D eigenvalue weighted by Crippen LogP contribution is 2.32. The van der Waals surface area contributed by atoms with Gasteiger partial charge in [0.15, 0.2) is 11.4 Å². The van der Waals surface area contributed by atoms with Crippen LogP contribution in [-0.2, 0) is 0 Å². The lowest BCUT2D eigenvalue weighted by Gasteiger charge is -2.48. The minimum Gasteiger partial charge on any atom is -0.462 e. The average molecular weight is 327 g/mol. The van der Waals surface area contributed by atoms with Crippen LogP contribution in [-0.4, -0.2) is 46.7 Å². The summed E-state index contributed by atoms with van der Waals surface area (Å²) >= 11 is 0. The zero-order valence-corrected chi connectivity index (χ0v) is 13.9. The van der Waals surface area contributed by atoms with Gasteiger partial charge in [-0.05, 0) is 45.2 Å². The number of piperidine rings is 3. The van der Waals surface area contributed by atoms with Gasteiger partial charge in [-0.25, -0.2) is 4.98 Å². The predicted molar refractivity (Wildman–Crippen MR) is 89.0 cm³/mol. The number of carbonyl (C=O) groups is 2. The first-order valence-electron chi connectivity index (χ1n) is 8.46. The molecule has 0 saturated carbocycles. The lowest BCUT2D eigenvalue weighted by molar-refractivity contribution is 0.0273. The number of nitrogens with zero attached hydrogens (tertiary/aromatic N) is 2. The summed E-state index contributed by atoms with van der Waals surface area (Å²) in [6.45, 7) is 5.77. The van der Waals surface area contributed by atoms with E-state index in [1.807, 2.05) is 0 Å². The average Bonchev–Trinajstić information content (AvgIpc) is 2.99. The largest absolute Gasteiger partial charge is 0.462 e. The Labute approximate surface area is 140 Å². The van der Waals surface area contributed by atoms with Gasteiger partial charge in [-0.1, -0.05) is 0 Å². The van der Waals surface area contributed by atoms with Crippen LogP contribution < -0.4 is 5.32 Å². The number of pyridine rings is 1. The molecule has 3 aliphatic rings. The number of amides is 1. The van der Waals surface area contributed by atoms with Crippen molar-refractivity contribution in [2.75, 3.05) is 13.1 Å². The molecule has 2 aromatic rings. The van der Waals surface area contributed by atoms with Crippen LogP contribution in [0.1, 0.15) is 47.5 Å². The Morgan fingerprint density at radius 2 is 2.25 bits per heavy atom. The third kappa shape index (κ3) is 2.51. The van der Waals surface area contributed by atoms with E-state index in [0.717, 1.165) is 25.9 Å². The zero-order chi connectivity index (χ0) is 16.8. The van der Waals surface area contributed by atoms with Gasteiger partial charge in [0.25, 0.3) is 5.91 Å². The number of fused-ring (bicyclic) bond motifs is 4. The maximum absolute atomic E-state index is 12.6. The predicted octanol–water partition coefficient (Wildman–Crippen LogP) is 2.24. The normalized spacial score (nSPS) is 28.9. The van der Waals surface area contributed by atoms with Crippen molar-refractivity contribution in [2.24, 2.45) is 5.92 Å². The standard InChI is InChI=1S/C18H21N3O3/c1-10-5-12-3-4-21(10)8-16(12)20-18(23)15-6-13-14(11(2)22)9-24-17(13)7-19-15/h6-7,9-10,12,16H,3-5,8H2,1-2H3,(H,20,23). The summed E-state index contributed by atoms with van der Waals surface area (Å²) in [4.78, 5) is 30.9. The summed E-state index contributed by atoms with van der Waals surface area (Å²) in [7, 11) is 0. The van der Waals surface area contributed by atoms with Crippen LogP contribution in [0.25, 0.3) is 11.0 Å². The molecule has 3 aliphatic heterocycles. The Hall–Kier alpha value is -2.21. The van der Waals surface area contributed by atoms with E-state index in [1.54, 1.807) is 6.07 Å². The number of rotatable bonds is 3. The molecule has 6 nitrogen and oxygen atoms in total. The van der Waals surface area contributed by atoms with Gasteiger partial charge in [-0.15, -0.1) is 0 Å².